The molecule has 108 valence electrons. The van der Waals surface area contributed by atoms with E-state index in [1.165, 1.54) is 24.9 Å². The molecule has 19 heavy (non-hydrogen) atoms. The molecule has 0 bridgehead atoms. The molecule has 1 aromatic rings. The summed E-state index contributed by atoms with van der Waals surface area (Å²) in [6, 6.07) is 12.0. The molecule has 0 aromatic heterocycles. The SMILES string of the molecule is CCCCN(c1ccccc1)C(CC)CNC(C)C. The summed E-state index contributed by atoms with van der Waals surface area (Å²) in [7, 11) is 0. The largest absolute Gasteiger partial charge is 0.367 e. The Hall–Kier alpha value is -1.02. The van der Waals surface area contributed by atoms with E-state index in [0.29, 0.717) is 12.1 Å². The minimum atomic E-state index is 0.554. The summed E-state index contributed by atoms with van der Waals surface area (Å²) in [5.74, 6) is 0. The molecule has 1 aromatic carbocycles. The first-order chi connectivity index (χ1) is 9.19. The van der Waals surface area contributed by atoms with Crippen LogP contribution in [0.4, 0.5) is 5.69 Å². The maximum atomic E-state index is 3.58. The van der Waals surface area contributed by atoms with Crippen LogP contribution in [-0.2, 0) is 0 Å². The molecule has 0 aliphatic heterocycles. The number of hydrogen-bond acceptors (Lipinski definition) is 2. The van der Waals surface area contributed by atoms with Crippen molar-refractivity contribution >= 4 is 5.69 Å². The van der Waals surface area contributed by atoms with Crippen LogP contribution in [0.5, 0.6) is 0 Å². The predicted octanol–water partition coefficient (Wildman–Crippen LogP) is 4.07. The molecular weight excluding hydrogens is 232 g/mol. The van der Waals surface area contributed by atoms with Gasteiger partial charge in [-0.05, 0) is 25.0 Å². The summed E-state index contributed by atoms with van der Waals surface area (Å²) in [5, 5.41) is 3.58. The highest BCUT2D eigenvalue weighted by Gasteiger charge is 2.16. The number of nitrogens with zero attached hydrogens (tertiary/aromatic N) is 1. The van der Waals surface area contributed by atoms with Crippen LogP contribution < -0.4 is 10.2 Å². The number of rotatable bonds is 9. The van der Waals surface area contributed by atoms with Crippen LogP contribution in [0.15, 0.2) is 30.3 Å². The first kappa shape index (κ1) is 16.0. The summed E-state index contributed by atoms with van der Waals surface area (Å²) < 4.78 is 0. The van der Waals surface area contributed by atoms with Gasteiger partial charge in [-0.25, -0.2) is 0 Å². The van der Waals surface area contributed by atoms with E-state index in [9.17, 15) is 0 Å². The van der Waals surface area contributed by atoms with Gasteiger partial charge in [0.25, 0.3) is 0 Å². The monoisotopic (exact) mass is 262 g/mol. The van der Waals surface area contributed by atoms with Crippen LogP contribution in [0.3, 0.4) is 0 Å². The lowest BCUT2D eigenvalue weighted by molar-refractivity contribution is 0.482. The van der Waals surface area contributed by atoms with Gasteiger partial charge in [-0.15, -0.1) is 0 Å². The minimum Gasteiger partial charge on any atom is -0.367 e. The third-order valence-corrected chi connectivity index (χ3v) is 3.51. The van der Waals surface area contributed by atoms with Crippen molar-refractivity contribution < 1.29 is 0 Å². The molecular formula is C17H30N2. The Balaban J connectivity index is 2.75. The smallest absolute Gasteiger partial charge is 0.0412 e. The highest BCUT2D eigenvalue weighted by Crippen LogP contribution is 2.19. The number of anilines is 1. The van der Waals surface area contributed by atoms with Crippen molar-refractivity contribution in [1.29, 1.82) is 0 Å². The van der Waals surface area contributed by atoms with Crippen molar-refractivity contribution in [2.24, 2.45) is 0 Å². The Morgan fingerprint density at radius 3 is 2.32 bits per heavy atom. The lowest BCUT2D eigenvalue weighted by atomic mass is 10.1. The Morgan fingerprint density at radius 1 is 1.11 bits per heavy atom. The van der Waals surface area contributed by atoms with Crippen molar-refractivity contribution in [3.05, 3.63) is 30.3 Å². The van der Waals surface area contributed by atoms with Crippen LogP contribution >= 0.6 is 0 Å². The summed E-state index contributed by atoms with van der Waals surface area (Å²) in [5.41, 5.74) is 1.35. The number of para-hydroxylation sites is 1. The molecule has 0 spiro atoms. The molecule has 0 radical (unpaired) electrons. The maximum absolute atomic E-state index is 3.58. The molecule has 0 saturated carbocycles. The normalized spacial score (nSPS) is 12.7. The molecule has 1 N–H and O–H groups in total. The van der Waals surface area contributed by atoms with Gasteiger partial charge in [0, 0.05) is 30.9 Å². The average molecular weight is 262 g/mol. The van der Waals surface area contributed by atoms with E-state index in [2.05, 4.69) is 68.2 Å². The fraction of sp³-hybridized carbons (Fsp3) is 0.647. The van der Waals surface area contributed by atoms with E-state index in [4.69, 9.17) is 0 Å². The Bertz CT molecular complexity index is 321. The number of unbranched alkanes of at least 4 members (excludes halogenated alkanes) is 1. The molecule has 0 aliphatic rings. The van der Waals surface area contributed by atoms with Gasteiger partial charge in [0.15, 0.2) is 0 Å². The zero-order valence-corrected chi connectivity index (χ0v) is 13.0. The number of hydrogen-bond donors (Lipinski definition) is 1. The summed E-state index contributed by atoms with van der Waals surface area (Å²) >= 11 is 0. The molecule has 1 unspecified atom stereocenters. The van der Waals surface area contributed by atoms with Gasteiger partial charge >= 0.3 is 0 Å². The van der Waals surface area contributed by atoms with Crippen molar-refractivity contribution in [3.8, 4) is 0 Å². The molecule has 0 fully saturated rings. The van der Waals surface area contributed by atoms with Crippen LogP contribution in [0.1, 0.15) is 47.0 Å². The van der Waals surface area contributed by atoms with Crippen LogP contribution in [0, 0.1) is 0 Å². The standard InChI is InChI=1S/C17H30N2/c1-5-7-13-19(17-11-9-8-10-12-17)16(6-2)14-18-15(3)4/h8-12,15-16,18H,5-7,13-14H2,1-4H3. The fourth-order valence-electron chi connectivity index (χ4n) is 2.32. The van der Waals surface area contributed by atoms with Gasteiger partial charge in [0.2, 0.25) is 0 Å². The first-order valence-corrected chi connectivity index (χ1v) is 7.74. The van der Waals surface area contributed by atoms with Gasteiger partial charge in [0.1, 0.15) is 0 Å². The highest BCUT2D eigenvalue weighted by atomic mass is 15.2. The third-order valence-electron chi connectivity index (χ3n) is 3.51. The van der Waals surface area contributed by atoms with E-state index in [1.807, 2.05) is 0 Å². The maximum Gasteiger partial charge on any atom is 0.0412 e. The summed E-state index contributed by atoms with van der Waals surface area (Å²) in [6.07, 6.45) is 3.68. The quantitative estimate of drug-likeness (QED) is 0.721. The summed E-state index contributed by atoms with van der Waals surface area (Å²) in [4.78, 5) is 2.57. The zero-order chi connectivity index (χ0) is 14.1. The molecule has 0 heterocycles. The van der Waals surface area contributed by atoms with E-state index >= 15 is 0 Å². The lowest BCUT2D eigenvalue weighted by Gasteiger charge is -2.34. The Morgan fingerprint density at radius 2 is 1.79 bits per heavy atom. The van der Waals surface area contributed by atoms with Gasteiger partial charge in [-0.2, -0.15) is 0 Å². The third kappa shape index (κ3) is 5.65. The van der Waals surface area contributed by atoms with E-state index in [-0.39, 0.29) is 0 Å². The number of benzene rings is 1. The second-order valence-electron chi connectivity index (χ2n) is 5.51. The van der Waals surface area contributed by atoms with E-state index in [0.717, 1.165) is 13.1 Å². The second kappa shape index (κ2) is 8.98. The van der Waals surface area contributed by atoms with Crippen molar-refractivity contribution in [2.45, 2.75) is 59.0 Å². The molecule has 1 atom stereocenters. The first-order valence-electron chi connectivity index (χ1n) is 7.74. The Kier molecular flexibility index (Phi) is 7.57. The van der Waals surface area contributed by atoms with Crippen molar-refractivity contribution in [1.82, 2.24) is 5.32 Å². The van der Waals surface area contributed by atoms with Gasteiger partial charge in [-0.3, -0.25) is 0 Å². The molecule has 0 saturated heterocycles. The van der Waals surface area contributed by atoms with Crippen LogP contribution in [0.25, 0.3) is 0 Å². The van der Waals surface area contributed by atoms with E-state index in [1.54, 1.807) is 0 Å². The zero-order valence-electron chi connectivity index (χ0n) is 13.0. The van der Waals surface area contributed by atoms with Crippen molar-refractivity contribution in [2.75, 3.05) is 18.0 Å². The van der Waals surface area contributed by atoms with E-state index < -0.39 is 0 Å². The molecule has 0 amide bonds. The molecule has 0 aliphatic carbocycles. The average Bonchev–Trinajstić information content (AvgIpc) is 2.43. The second-order valence-corrected chi connectivity index (χ2v) is 5.51. The van der Waals surface area contributed by atoms with Gasteiger partial charge in [-0.1, -0.05) is 52.3 Å². The number of nitrogens with one attached hydrogen (secondary N) is 1. The highest BCUT2D eigenvalue weighted by molar-refractivity contribution is 5.47. The Labute approximate surface area is 119 Å². The molecule has 2 nitrogen and oxygen atoms in total. The van der Waals surface area contributed by atoms with Gasteiger partial charge in [0.05, 0.1) is 0 Å². The molecule has 2 heteroatoms. The lowest BCUT2D eigenvalue weighted by Crippen LogP contribution is -2.44. The minimum absolute atomic E-state index is 0.554. The molecule has 1 rings (SSSR count). The summed E-state index contributed by atoms with van der Waals surface area (Å²) in [6.45, 7) is 11.2. The fourth-order valence-corrected chi connectivity index (χ4v) is 2.32. The van der Waals surface area contributed by atoms with Crippen LogP contribution in [0.2, 0.25) is 0 Å². The van der Waals surface area contributed by atoms with Crippen LogP contribution in [-0.4, -0.2) is 25.2 Å². The van der Waals surface area contributed by atoms with Crippen molar-refractivity contribution in [3.63, 3.8) is 0 Å². The predicted molar refractivity (Wildman–Crippen MR) is 85.9 cm³/mol. The van der Waals surface area contributed by atoms with Gasteiger partial charge < -0.3 is 10.2 Å². The topological polar surface area (TPSA) is 15.3 Å².